The van der Waals surface area contributed by atoms with Crippen LogP contribution in [0.25, 0.3) is 5.69 Å². The molecule has 138 valence electrons. The number of para-hydroxylation sites is 1. The van der Waals surface area contributed by atoms with Crippen molar-refractivity contribution in [1.29, 1.82) is 0 Å². The van der Waals surface area contributed by atoms with Gasteiger partial charge in [0.05, 0.1) is 23.0 Å². The van der Waals surface area contributed by atoms with E-state index in [-0.39, 0.29) is 22.7 Å². The van der Waals surface area contributed by atoms with E-state index in [1.807, 2.05) is 0 Å². The highest BCUT2D eigenvalue weighted by molar-refractivity contribution is 7.71. The maximum absolute atomic E-state index is 12.6. The monoisotopic (exact) mass is 403 g/mol. The molecule has 3 aromatic rings. The van der Waals surface area contributed by atoms with Crippen LogP contribution in [-0.2, 0) is 11.3 Å². The third-order valence-electron chi connectivity index (χ3n) is 4.50. The van der Waals surface area contributed by atoms with Crippen molar-refractivity contribution >= 4 is 23.8 Å². The van der Waals surface area contributed by atoms with Crippen molar-refractivity contribution in [3.63, 3.8) is 0 Å². The first-order valence-corrected chi connectivity index (χ1v) is 8.80. The molecule has 0 radical (unpaired) electrons. The number of halogens is 1. The molecule has 3 N–H and O–H groups in total. The zero-order valence-corrected chi connectivity index (χ0v) is 15.6. The van der Waals surface area contributed by atoms with Gasteiger partial charge < -0.3 is 14.9 Å². The Hall–Kier alpha value is -2.68. The van der Waals surface area contributed by atoms with Crippen molar-refractivity contribution in [1.82, 2.24) is 14.5 Å². The molecule has 0 aliphatic carbocycles. The summed E-state index contributed by atoms with van der Waals surface area (Å²) in [5, 5.41) is 21.7. The number of fused-ring (bicyclic) bond motifs is 1. The lowest BCUT2D eigenvalue weighted by Gasteiger charge is -2.18. The van der Waals surface area contributed by atoms with Crippen LogP contribution in [0.5, 0.6) is 11.6 Å². The summed E-state index contributed by atoms with van der Waals surface area (Å²) in [6, 6.07) is 6.78. The molecule has 0 amide bonds. The Kier molecular flexibility index (Phi) is 4.26. The predicted octanol–water partition coefficient (Wildman–Crippen LogP) is 3.28. The number of benzene rings is 1. The number of nitrogens with one attached hydrogen (secondary N) is 1. The highest BCUT2D eigenvalue weighted by Crippen LogP contribution is 2.43. The second kappa shape index (κ2) is 6.49. The molecule has 4 rings (SSSR count). The molecule has 0 bridgehead atoms. The number of hydrogen-bond acceptors (Lipinski definition) is 6. The quantitative estimate of drug-likeness (QED) is 0.568. The fraction of sp³-hybridized carbons (Fsp3) is 0.167. The third kappa shape index (κ3) is 2.73. The number of aromatic nitrogens is 3. The Morgan fingerprint density at radius 1 is 1.33 bits per heavy atom. The average molecular weight is 404 g/mol. The van der Waals surface area contributed by atoms with Gasteiger partial charge in [0.15, 0.2) is 4.77 Å². The minimum absolute atomic E-state index is 0.0114. The van der Waals surface area contributed by atoms with Crippen LogP contribution >= 0.6 is 23.8 Å². The van der Waals surface area contributed by atoms with Crippen LogP contribution in [0.4, 0.5) is 0 Å². The number of hydrogen-bond donors (Lipinski definition) is 3. The second-order valence-corrected chi connectivity index (χ2v) is 6.90. The van der Waals surface area contributed by atoms with E-state index in [1.54, 1.807) is 37.4 Å². The fourth-order valence-electron chi connectivity index (χ4n) is 3.18. The van der Waals surface area contributed by atoms with Gasteiger partial charge in [-0.25, -0.2) is 0 Å². The molecule has 1 aliphatic heterocycles. The van der Waals surface area contributed by atoms with Gasteiger partial charge in [0, 0.05) is 17.3 Å². The molecule has 1 aromatic carbocycles. The molecule has 27 heavy (non-hydrogen) atoms. The summed E-state index contributed by atoms with van der Waals surface area (Å²) in [7, 11) is 0. The van der Waals surface area contributed by atoms with E-state index in [1.165, 1.54) is 4.57 Å². The van der Waals surface area contributed by atoms with E-state index < -0.39 is 17.5 Å². The molecule has 0 spiro atoms. The number of rotatable bonds is 2. The summed E-state index contributed by atoms with van der Waals surface area (Å²) in [5.74, 6) is -0.468. The molecular weight excluding hydrogens is 390 g/mol. The molecule has 1 atom stereocenters. The second-order valence-electron chi connectivity index (χ2n) is 6.11. The molecule has 9 heteroatoms. The Morgan fingerprint density at radius 2 is 2.07 bits per heavy atom. The van der Waals surface area contributed by atoms with Crippen molar-refractivity contribution in [2.75, 3.05) is 0 Å². The molecule has 2 aromatic heterocycles. The van der Waals surface area contributed by atoms with Crippen molar-refractivity contribution in [2.45, 2.75) is 19.6 Å². The van der Waals surface area contributed by atoms with Crippen molar-refractivity contribution < 1.29 is 14.9 Å². The average Bonchev–Trinajstić information content (AvgIpc) is 3.04. The summed E-state index contributed by atoms with van der Waals surface area (Å²) in [6.45, 7) is 1.80. The normalized spacial score (nSPS) is 15.7. The molecular formula is C18H14ClN3O4S. The summed E-state index contributed by atoms with van der Waals surface area (Å²) in [5.41, 5.74) is 1.20. The first-order valence-electron chi connectivity index (χ1n) is 8.02. The SMILES string of the molecule is Cc1ncc2c(c1O)[C@@H](c1c(O)n(-c3ccccc3Cl)c(=S)[nH]c1=O)OC2. The molecule has 0 unspecified atom stereocenters. The number of ether oxygens (including phenoxy) is 1. The summed E-state index contributed by atoms with van der Waals surface area (Å²) >= 11 is 11.4. The Bertz CT molecular complexity index is 1190. The largest absolute Gasteiger partial charge is 0.506 e. The van der Waals surface area contributed by atoms with Crippen LogP contribution in [0.2, 0.25) is 5.02 Å². The third-order valence-corrected chi connectivity index (χ3v) is 5.11. The Balaban J connectivity index is 1.99. The Morgan fingerprint density at radius 3 is 2.81 bits per heavy atom. The van der Waals surface area contributed by atoms with E-state index in [2.05, 4.69) is 9.97 Å². The van der Waals surface area contributed by atoms with Gasteiger partial charge in [-0.05, 0) is 31.3 Å². The van der Waals surface area contributed by atoms with E-state index >= 15 is 0 Å². The molecule has 0 fully saturated rings. The number of nitrogens with zero attached hydrogens (tertiary/aromatic N) is 2. The van der Waals surface area contributed by atoms with E-state index in [0.29, 0.717) is 27.5 Å². The van der Waals surface area contributed by atoms with Crippen LogP contribution in [0.1, 0.15) is 28.5 Å². The number of aromatic amines is 1. The zero-order chi connectivity index (χ0) is 19.3. The summed E-state index contributed by atoms with van der Waals surface area (Å²) < 4.78 is 6.96. The molecule has 7 nitrogen and oxygen atoms in total. The van der Waals surface area contributed by atoms with Crippen LogP contribution in [0.3, 0.4) is 0 Å². The standard InChI is InChI=1S/C18H14ClN3O4S/c1-8-14(23)12-9(6-20-8)7-26-15(12)13-16(24)21-18(27)22(17(13)25)11-5-3-2-4-10(11)19/h2-6,15,23,25H,7H2,1H3,(H,21,24,27)/t15-/m0/s1. The summed E-state index contributed by atoms with van der Waals surface area (Å²) in [4.78, 5) is 19.3. The van der Waals surface area contributed by atoms with Gasteiger partial charge in [-0.15, -0.1) is 0 Å². The maximum Gasteiger partial charge on any atom is 0.261 e. The number of aromatic hydroxyl groups is 2. The van der Waals surface area contributed by atoms with Gasteiger partial charge in [0.2, 0.25) is 5.88 Å². The van der Waals surface area contributed by atoms with Gasteiger partial charge in [-0.2, -0.15) is 0 Å². The number of pyridine rings is 1. The highest BCUT2D eigenvalue weighted by Gasteiger charge is 2.34. The van der Waals surface area contributed by atoms with Gasteiger partial charge in [0.25, 0.3) is 5.56 Å². The topological polar surface area (TPSA) is 100 Å². The van der Waals surface area contributed by atoms with Crippen molar-refractivity contribution in [2.24, 2.45) is 0 Å². The lowest BCUT2D eigenvalue weighted by molar-refractivity contribution is 0.0892. The van der Waals surface area contributed by atoms with Gasteiger partial charge in [0.1, 0.15) is 17.4 Å². The van der Waals surface area contributed by atoms with Crippen LogP contribution in [-0.4, -0.2) is 24.7 Å². The first kappa shape index (κ1) is 17.7. The minimum Gasteiger partial charge on any atom is -0.506 e. The predicted molar refractivity (Wildman–Crippen MR) is 101 cm³/mol. The Labute approximate surface area is 163 Å². The van der Waals surface area contributed by atoms with E-state index in [9.17, 15) is 15.0 Å². The smallest absolute Gasteiger partial charge is 0.261 e. The van der Waals surface area contributed by atoms with Gasteiger partial charge in [-0.1, -0.05) is 23.7 Å². The number of aryl methyl sites for hydroxylation is 1. The van der Waals surface area contributed by atoms with Gasteiger partial charge in [-0.3, -0.25) is 19.3 Å². The molecule has 1 aliphatic rings. The minimum atomic E-state index is -0.963. The maximum atomic E-state index is 12.6. The highest BCUT2D eigenvalue weighted by atomic mass is 35.5. The fourth-order valence-corrected chi connectivity index (χ4v) is 3.67. The number of H-pyrrole nitrogens is 1. The molecule has 0 saturated heterocycles. The van der Waals surface area contributed by atoms with Crippen LogP contribution in [0.15, 0.2) is 35.3 Å². The van der Waals surface area contributed by atoms with Crippen LogP contribution < -0.4 is 5.56 Å². The van der Waals surface area contributed by atoms with E-state index in [0.717, 1.165) is 0 Å². The lowest BCUT2D eigenvalue weighted by Crippen LogP contribution is -2.21. The zero-order valence-electron chi connectivity index (χ0n) is 14.1. The lowest BCUT2D eigenvalue weighted by atomic mass is 10.00. The van der Waals surface area contributed by atoms with Gasteiger partial charge >= 0.3 is 0 Å². The molecule has 3 heterocycles. The van der Waals surface area contributed by atoms with Crippen molar-refractivity contribution in [3.05, 3.63) is 73.0 Å². The molecule has 0 saturated carbocycles. The van der Waals surface area contributed by atoms with Crippen LogP contribution in [0, 0.1) is 11.7 Å². The van der Waals surface area contributed by atoms with Crippen molar-refractivity contribution in [3.8, 4) is 17.3 Å². The summed E-state index contributed by atoms with van der Waals surface area (Å²) in [6.07, 6.45) is 0.619. The first-order chi connectivity index (χ1) is 12.9. The van der Waals surface area contributed by atoms with E-state index in [4.69, 9.17) is 28.6 Å².